The highest BCUT2D eigenvalue weighted by molar-refractivity contribution is 5.79. The predicted molar refractivity (Wildman–Crippen MR) is 68.6 cm³/mol. The number of hydrogen-bond acceptors (Lipinski definition) is 4. The van der Waals surface area contributed by atoms with Gasteiger partial charge in [0, 0.05) is 6.54 Å². The number of likely N-dealkylation sites (tertiary alicyclic amines) is 1. The zero-order chi connectivity index (χ0) is 13.0. The lowest BCUT2D eigenvalue weighted by molar-refractivity contribution is -0.123. The van der Waals surface area contributed by atoms with Gasteiger partial charge in [-0.3, -0.25) is 9.69 Å². The second-order valence-corrected chi connectivity index (χ2v) is 5.57. The highest BCUT2D eigenvalue weighted by atomic mass is 16.2. The average molecular weight is 250 g/mol. The highest BCUT2D eigenvalue weighted by Gasteiger charge is 2.35. The van der Waals surface area contributed by atoms with Crippen molar-refractivity contribution in [2.24, 2.45) is 11.7 Å². The van der Waals surface area contributed by atoms with Crippen LogP contribution in [-0.2, 0) is 4.79 Å². The molecule has 0 aromatic rings. The van der Waals surface area contributed by atoms with Crippen LogP contribution in [0.1, 0.15) is 32.1 Å². The summed E-state index contributed by atoms with van der Waals surface area (Å²) in [6.07, 6.45) is 4.73. The van der Waals surface area contributed by atoms with Crippen molar-refractivity contribution in [3.05, 3.63) is 0 Å². The minimum absolute atomic E-state index is 0.0175. The molecular weight excluding hydrogens is 228 g/mol. The van der Waals surface area contributed by atoms with E-state index >= 15 is 0 Å². The molecule has 2 fully saturated rings. The second-order valence-electron chi connectivity index (χ2n) is 5.57. The fraction of sp³-hybridized carbons (Fsp3) is 0.846. The van der Waals surface area contributed by atoms with Gasteiger partial charge in [-0.2, -0.15) is 5.26 Å². The Balaban J connectivity index is 1.80. The number of nitrogens with two attached hydrogens (primary N) is 1. The summed E-state index contributed by atoms with van der Waals surface area (Å²) in [4.78, 5) is 14.1. The van der Waals surface area contributed by atoms with E-state index in [1.54, 1.807) is 0 Å². The topological polar surface area (TPSA) is 82.2 Å². The van der Waals surface area contributed by atoms with Crippen molar-refractivity contribution < 1.29 is 4.79 Å². The lowest BCUT2D eigenvalue weighted by Gasteiger charge is -2.24. The molecule has 100 valence electrons. The average Bonchev–Trinajstić information content (AvgIpc) is 2.99. The van der Waals surface area contributed by atoms with E-state index in [0.717, 1.165) is 45.2 Å². The summed E-state index contributed by atoms with van der Waals surface area (Å²) >= 11 is 0. The zero-order valence-corrected chi connectivity index (χ0v) is 10.8. The minimum Gasteiger partial charge on any atom is -0.337 e. The van der Waals surface area contributed by atoms with Crippen LogP contribution in [0.5, 0.6) is 0 Å². The zero-order valence-electron chi connectivity index (χ0n) is 10.8. The summed E-state index contributed by atoms with van der Waals surface area (Å²) in [5.74, 6) is 0.505. The molecule has 1 saturated carbocycles. The number of nitrogens with one attached hydrogen (secondary N) is 1. The van der Waals surface area contributed by atoms with Crippen LogP contribution in [0.3, 0.4) is 0 Å². The van der Waals surface area contributed by atoms with Crippen LogP contribution in [0.2, 0.25) is 0 Å². The van der Waals surface area contributed by atoms with Gasteiger partial charge < -0.3 is 11.1 Å². The summed E-state index contributed by atoms with van der Waals surface area (Å²) in [5.41, 5.74) is 5.04. The van der Waals surface area contributed by atoms with Crippen molar-refractivity contribution >= 4 is 5.91 Å². The van der Waals surface area contributed by atoms with Gasteiger partial charge in [-0.25, -0.2) is 0 Å². The Kier molecular flexibility index (Phi) is 4.20. The van der Waals surface area contributed by atoms with Crippen molar-refractivity contribution in [2.45, 2.75) is 37.6 Å². The summed E-state index contributed by atoms with van der Waals surface area (Å²) in [5, 5.41) is 12.1. The van der Waals surface area contributed by atoms with Gasteiger partial charge in [-0.05, 0) is 51.1 Å². The Hall–Kier alpha value is -1.12. The Morgan fingerprint density at radius 3 is 2.78 bits per heavy atom. The molecule has 0 aromatic heterocycles. The van der Waals surface area contributed by atoms with Gasteiger partial charge in [0.15, 0.2) is 0 Å². The summed E-state index contributed by atoms with van der Waals surface area (Å²) in [7, 11) is 0. The normalized spacial score (nSPS) is 27.0. The van der Waals surface area contributed by atoms with Crippen LogP contribution in [0.25, 0.3) is 0 Å². The van der Waals surface area contributed by atoms with E-state index in [0.29, 0.717) is 19.0 Å². The van der Waals surface area contributed by atoms with E-state index in [1.165, 1.54) is 0 Å². The van der Waals surface area contributed by atoms with Crippen LogP contribution in [0.4, 0.5) is 0 Å². The van der Waals surface area contributed by atoms with E-state index in [2.05, 4.69) is 16.3 Å². The summed E-state index contributed by atoms with van der Waals surface area (Å²) in [6, 6.07) is 2.28. The third-order valence-corrected chi connectivity index (χ3v) is 4.12. The maximum absolute atomic E-state index is 12.0. The van der Waals surface area contributed by atoms with Crippen molar-refractivity contribution in [3.8, 4) is 6.07 Å². The molecule has 1 atom stereocenters. The molecule has 0 aromatic carbocycles. The quantitative estimate of drug-likeness (QED) is 0.747. The highest BCUT2D eigenvalue weighted by Crippen LogP contribution is 2.28. The number of rotatable bonds is 4. The van der Waals surface area contributed by atoms with Gasteiger partial charge in [0.05, 0.1) is 12.6 Å². The van der Waals surface area contributed by atoms with Gasteiger partial charge >= 0.3 is 0 Å². The molecule has 3 N–H and O–H groups in total. The van der Waals surface area contributed by atoms with Crippen LogP contribution in [0.15, 0.2) is 0 Å². The maximum Gasteiger partial charge on any atom is 0.235 e. The Morgan fingerprint density at radius 1 is 1.50 bits per heavy atom. The molecule has 2 aliphatic rings. The SMILES string of the molecule is N#CC1(NC(=O)CN2CCC(CN)C2)CCCC1. The van der Waals surface area contributed by atoms with Crippen molar-refractivity contribution in [3.63, 3.8) is 0 Å². The third kappa shape index (κ3) is 3.01. The Morgan fingerprint density at radius 2 is 2.22 bits per heavy atom. The maximum atomic E-state index is 12.0. The lowest BCUT2D eigenvalue weighted by Crippen LogP contribution is -2.48. The van der Waals surface area contributed by atoms with Crippen molar-refractivity contribution in [2.75, 3.05) is 26.2 Å². The standard InChI is InChI=1S/C13H22N4O/c14-7-11-3-6-17(8-11)9-12(18)16-13(10-15)4-1-2-5-13/h11H,1-9,14H2,(H,16,18). The molecule has 0 spiro atoms. The number of carbonyl (C=O) groups is 1. The molecule has 1 aliphatic carbocycles. The van der Waals surface area contributed by atoms with Crippen LogP contribution in [0, 0.1) is 17.2 Å². The van der Waals surface area contributed by atoms with E-state index in [9.17, 15) is 10.1 Å². The van der Waals surface area contributed by atoms with Gasteiger partial charge in [0.25, 0.3) is 0 Å². The first kappa shape index (κ1) is 13.3. The predicted octanol–water partition coefficient (Wildman–Crippen LogP) is 0.220. The van der Waals surface area contributed by atoms with Gasteiger partial charge in [-0.1, -0.05) is 0 Å². The number of carbonyl (C=O) groups excluding carboxylic acids is 1. The first-order chi connectivity index (χ1) is 8.67. The Bertz CT molecular complexity index is 343. The molecule has 1 amide bonds. The van der Waals surface area contributed by atoms with E-state index < -0.39 is 5.54 Å². The molecule has 1 heterocycles. The lowest BCUT2D eigenvalue weighted by atomic mass is 10.00. The summed E-state index contributed by atoms with van der Waals surface area (Å²) < 4.78 is 0. The molecule has 1 unspecified atom stereocenters. The molecule has 5 nitrogen and oxygen atoms in total. The van der Waals surface area contributed by atoms with E-state index in [-0.39, 0.29) is 5.91 Å². The van der Waals surface area contributed by atoms with Gasteiger partial charge in [0.1, 0.15) is 5.54 Å². The van der Waals surface area contributed by atoms with Gasteiger partial charge in [-0.15, -0.1) is 0 Å². The molecular formula is C13H22N4O. The molecule has 2 rings (SSSR count). The number of nitriles is 1. The monoisotopic (exact) mass is 250 g/mol. The van der Waals surface area contributed by atoms with E-state index in [1.807, 2.05) is 0 Å². The first-order valence-electron chi connectivity index (χ1n) is 6.82. The van der Waals surface area contributed by atoms with Crippen molar-refractivity contribution in [1.29, 1.82) is 5.26 Å². The fourth-order valence-corrected chi connectivity index (χ4v) is 3.00. The van der Waals surface area contributed by atoms with Crippen LogP contribution < -0.4 is 11.1 Å². The second kappa shape index (κ2) is 5.68. The number of amides is 1. The molecule has 0 radical (unpaired) electrons. The Labute approximate surface area is 108 Å². The van der Waals surface area contributed by atoms with E-state index in [4.69, 9.17) is 5.73 Å². The molecule has 1 aliphatic heterocycles. The van der Waals surface area contributed by atoms with Gasteiger partial charge in [0.2, 0.25) is 5.91 Å². The summed E-state index contributed by atoms with van der Waals surface area (Å²) in [6.45, 7) is 2.94. The molecule has 5 heteroatoms. The minimum atomic E-state index is -0.593. The first-order valence-corrected chi connectivity index (χ1v) is 6.82. The third-order valence-electron chi connectivity index (χ3n) is 4.12. The van der Waals surface area contributed by atoms with Crippen LogP contribution >= 0.6 is 0 Å². The smallest absolute Gasteiger partial charge is 0.235 e. The number of hydrogen-bond donors (Lipinski definition) is 2. The van der Waals surface area contributed by atoms with Crippen LogP contribution in [-0.4, -0.2) is 42.5 Å². The fourth-order valence-electron chi connectivity index (χ4n) is 3.00. The molecule has 18 heavy (non-hydrogen) atoms. The largest absolute Gasteiger partial charge is 0.337 e. The molecule has 0 bridgehead atoms. The van der Waals surface area contributed by atoms with Crippen molar-refractivity contribution in [1.82, 2.24) is 10.2 Å². The molecule has 1 saturated heterocycles. The number of nitrogens with zero attached hydrogens (tertiary/aromatic N) is 2.